The van der Waals surface area contributed by atoms with Crippen molar-refractivity contribution in [2.45, 2.75) is 26.8 Å². The zero-order valence-electron chi connectivity index (χ0n) is 18.3. The van der Waals surface area contributed by atoms with Crippen molar-refractivity contribution in [1.82, 2.24) is 19.4 Å². The van der Waals surface area contributed by atoms with Crippen LogP contribution in [0.3, 0.4) is 0 Å². The van der Waals surface area contributed by atoms with Gasteiger partial charge in [0, 0.05) is 17.3 Å². The third-order valence-electron chi connectivity index (χ3n) is 5.38. The van der Waals surface area contributed by atoms with E-state index in [0.717, 1.165) is 10.1 Å². The van der Waals surface area contributed by atoms with Crippen molar-refractivity contribution >= 4 is 28.5 Å². The monoisotopic (exact) mass is 462 g/mol. The Bertz CT molecular complexity index is 1440. The fraction of sp³-hybridized carbons (Fsp3) is 0.200. The van der Waals surface area contributed by atoms with Crippen molar-refractivity contribution in [2.24, 2.45) is 0 Å². The lowest BCUT2D eigenvalue weighted by atomic mass is 10.1. The maximum absolute atomic E-state index is 13.4. The quantitative estimate of drug-likeness (QED) is 0.477. The number of fused-ring (bicyclic) bond motifs is 1. The average Bonchev–Trinajstić information content (AvgIpc) is 2.78. The van der Waals surface area contributed by atoms with Crippen LogP contribution in [0, 0.1) is 13.8 Å². The van der Waals surface area contributed by atoms with Crippen molar-refractivity contribution < 1.29 is 4.79 Å². The van der Waals surface area contributed by atoms with Crippen molar-refractivity contribution in [1.29, 1.82) is 0 Å². The summed E-state index contributed by atoms with van der Waals surface area (Å²) in [4.78, 5) is 43.7. The van der Waals surface area contributed by atoms with E-state index >= 15 is 0 Å². The van der Waals surface area contributed by atoms with E-state index in [4.69, 9.17) is 11.6 Å². The standard InChI is InChI=1S/C25H23ClN4O3/c1-16-14-17(2)28-23-22(16)24(32)29(25(33)30(23)20-6-4-3-5-7-20)15-21(31)27-13-12-18-8-10-19(26)11-9-18/h3-11,14H,12-13,15H2,1-2H3,(H,27,31). The SMILES string of the molecule is Cc1cc(C)c2c(=O)n(CC(=O)NCCc3ccc(Cl)cc3)c(=O)n(-c3ccccc3)c2n1. The molecule has 8 heteroatoms. The Morgan fingerprint density at radius 1 is 1.03 bits per heavy atom. The molecule has 0 aliphatic rings. The highest BCUT2D eigenvalue weighted by Gasteiger charge is 2.19. The minimum absolute atomic E-state index is 0.285. The first-order valence-electron chi connectivity index (χ1n) is 10.6. The number of rotatable bonds is 6. The van der Waals surface area contributed by atoms with Gasteiger partial charge in [-0.25, -0.2) is 18.9 Å². The van der Waals surface area contributed by atoms with E-state index in [-0.39, 0.29) is 12.2 Å². The Morgan fingerprint density at radius 2 is 1.73 bits per heavy atom. The van der Waals surface area contributed by atoms with E-state index in [9.17, 15) is 14.4 Å². The van der Waals surface area contributed by atoms with E-state index in [1.54, 1.807) is 49.4 Å². The third kappa shape index (κ3) is 4.73. The highest BCUT2D eigenvalue weighted by Crippen LogP contribution is 2.16. The maximum Gasteiger partial charge on any atom is 0.337 e. The molecule has 0 radical (unpaired) electrons. The van der Waals surface area contributed by atoms with Crippen molar-refractivity contribution in [2.75, 3.05) is 6.54 Å². The molecule has 2 aromatic carbocycles. The number of aryl methyl sites for hydroxylation is 2. The smallest absolute Gasteiger partial charge is 0.337 e. The van der Waals surface area contributed by atoms with Crippen molar-refractivity contribution in [3.63, 3.8) is 0 Å². The van der Waals surface area contributed by atoms with Gasteiger partial charge >= 0.3 is 5.69 Å². The number of para-hydroxylation sites is 1. The van der Waals surface area contributed by atoms with E-state index in [2.05, 4.69) is 10.3 Å². The number of nitrogens with one attached hydrogen (secondary N) is 1. The van der Waals surface area contributed by atoms with Gasteiger partial charge in [0.1, 0.15) is 6.54 Å². The van der Waals surface area contributed by atoms with Gasteiger partial charge in [-0.05, 0) is 61.7 Å². The molecule has 33 heavy (non-hydrogen) atoms. The predicted octanol–water partition coefficient (Wildman–Crippen LogP) is 3.18. The Kier molecular flexibility index (Phi) is 6.42. The molecule has 4 rings (SSSR count). The Balaban J connectivity index is 1.69. The number of halogens is 1. The molecule has 0 saturated heterocycles. The lowest BCUT2D eigenvalue weighted by Crippen LogP contribution is -2.44. The van der Waals surface area contributed by atoms with Crippen LogP contribution < -0.4 is 16.6 Å². The number of benzene rings is 2. The molecule has 2 heterocycles. The zero-order chi connectivity index (χ0) is 23.5. The van der Waals surface area contributed by atoms with Crippen LogP contribution in [-0.4, -0.2) is 26.6 Å². The lowest BCUT2D eigenvalue weighted by Gasteiger charge is -2.15. The number of carbonyl (C=O) groups excluding carboxylic acids is 1. The molecular formula is C25H23ClN4O3. The van der Waals surface area contributed by atoms with E-state index in [0.29, 0.717) is 40.3 Å². The zero-order valence-corrected chi connectivity index (χ0v) is 19.1. The van der Waals surface area contributed by atoms with Gasteiger partial charge < -0.3 is 5.32 Å². The van der Waals surface area contributed by atoms with Gasteiger partial charge in [-0.15, -0.1) is 0 Å². The first-order valence-corrected chi connectivity index (χ1v) is 10.9. The molecule has 4 aromatic rings. The topological polar surface area (TPSA) is 86.0 Å². The summed E-state index contributed by atoms with van der Waals surface area (Å²) in [6, 6.07) is 18.1. The van der Waals surface area contributed by atoms with Gasteiger partial charge in [-0.3, -0.25) is 9.59 Å². The van der Waals surface area contributed by atoms with E-state index < -0.39 is 17.2 Å². The Labute approximate surface area is 195 Å². The number of carbonyl (C=O) groups is 1. The van der Waals surface area contributed by atoms with Crippen molar-refractivity contribution in [3.05, 3.63) is 103 Å². The fourth-order valence-electron chi connectivity index (χ4n) is 3.82. The highest BCUT2D eigenvalue weighted by atomic mass is 35.5. The number of hydrogen-bond acceptors (Lipinski definition) is 4. The van der Waals surface area contributed by atoms with Crippen LogP contribution in [0.1, 0.15) is 16.8 Å². The summed E-state index contributed by atoms with van der Waals surface area (Å²) >= 11 is 5.90. The largest absolute Gasteiger partial charge is 0.354 e. The van der Waals surface area contributed by atoms with Crippen LogP contribution in [0.15, 0.2) is 70.3 Å². The number of aromatic nitrogens is 3. The van der Waals surface area contributed by atoms with Gasteiger partial charge in [0.15, 0.2) is 5.65 Å². The molecule has 0 spiro atoms. The molecule has 0 aliphatic heterocycles. The van der Waals surface area contributed by atoms with Crippen molar-refractivity contribution in [3.8, 4) is 5.69 Å². The minimum atomic E-state index is -0.607. The van der Waals surface area contributed by atoms with Crippen LogP contribution in [0.4, 0.5) is 0 Å². The Hall–Kier alpha value is -3.71. The second kappa shape index (κ2) is 9.42. The number of hydrogen-bond donors (Lipinski definition) is 1. The molecule has 7 nitrogen and oxygen atoms in total. The molecule has 168 valence electrons. The maximum atomic E-state index is 13.4. The average molecular weight is 463 g/mol. The summed E-state index contributed by atoms with van der Waals surface area (Å²) in [5, 5.41) is 3.75. The number of nitrogens with zero attached hydrogens (tertiary/aromatic N) is 3. The minimum Gasteiger partial charge on any atom is -0.354 e. The Morgan fingerprint density at radius 3 is 2.42 bits per heavy atom. The second-order valence-electron chi connectivity index (χ2n) is 7.85. The summed E-state index contributed by atoms with van der Waals surface area (Å²) in [5.74, 6) is -0.417. The van der Waals surface area contributed by atoms with Gasteiger partial charge in [0.05, 0.1) is 11.1 Å². The van der Waals surface area contributed by atoms with Gasteiger partial charge in [-0.2, -0.15) is 0 Å². The summed E-state index contributed by atoms with van der Waals surface area (Å²) in [6.45, 7) is 3.60. The lowest BCUT2D eigenvalue weighted by molar-refractivity contribution is -0.121. The van der Waals surface area contributed by atoms with Crippen LogP contribution in [0.5, 0.6) is 0 Å². The molecule has 0 aliphatic carbocycles. The molecule has 0 atom stereocenters. The predicted molar refractivity (Wildman–Crippen MR) is 129 cm³/mol. The van der Waals surface area contributed by atoms with Gasteiger partial charge in [-0.1, -0.05) is 41.9 Å². The summed E-state index contributed by atoms with van der Waals surface area (Å²) in [5.41, 5.74) is 2.13. The van der Waals surface area contributed by atoms with Crippen LogP contribution in [0.2, 0.25) is 5.02 Å². The van der Waals surface area contributed by atoms with Gasteiger partial charge in [0.2, 0.25) is 5.91 Å². The van der Waals surface area contributed by atoms with E-state index in [1.165, 1.54) is 4.57 Å². The highest BCUT2D eigenvalue weighted by molar-refractivity contribution is 6.30. The normalized spacial score (nSPS) is 11.0. The summed E-state index contributed by atoms with van der Waals surface area (Å²) in [6.07, 6.45) is 0.603. The molecule has 0 fully saturated rings. The van der Waals surface area contributed by atoms with Gasteiger partial charge in [0.25, 0.3) is 5.56 Å². The molecule has 1 amide bonds. The third-order valence-corrected chi connectivity index (χ3v) is 5.64. The molecule has 0 bridgehead atoms. The van der Waals surface area contributed by atoms with Crippen LogP contribution in [0.25, 0.3) is 16.7 Å². The first-order chi connectivity index (χ1) is 15.8. The first kappa shape index (κ1) is 22.5. The summed E-state index contributed by atoms with van der Waals surface area (Å²) in [7, 11) is 0. The number of amides is 1. The molecular weight excluding hydrogens is 440 g/mol. The molecule has 0 unspecified atom stereocenters. The fourth-order valence-corrected chi connectivity index (χ4v) is 3.95. The van der Waals surface area contributed by atoms with Crippen LogP contribution >= 0.6 is 11.6 Å². The molecule has 0 saturated carbocycles. The summed E-state index contributed by atoms with van der Waals surface area (Å²) < 4.78 is 2.36. The number of pyridine rings is 1. The molecule has 2 aromatic heterocycles. The van der Waals surface area contributed by atoms with E-state index in [1.807, 2.05) is 25.1 Å². The molecule has 1 N–H and O–H groups in total. The van der Waals surface area contributed by atoms with Crippen LogP contribution in [-0.2, 0) is 17.8 Å². The second-order valence-corrected chi connectivity index (χ2v) is 8.29.